The molecule has 106 valence electrons. The third-order valence-electron chi connectivity index (χ3n) is 2.72. The first-order valence-electron chi connectivity index (χ1n) is 6.13. The topological polar surface area (TPSA) is 56.8 Å². The summed E-state index contributed by atoms with van der Waals surface area (Å²) in [6.07, 6.45) is -0.450. The van der Waals surface area contributed by atoms with Gasteiger partial charge in [-0.25, -0.2) is 4.79 Å². The summed E-state index contributed by atoms with van der Waals surface area (Å²) in [4.78, 5) is 11.5. The molecule has 0 aromatic heterocycles. The van der Waals surface area contributed by atoms with Crippen LogP contribution < -0.4 is 14.8 Å². The van der Waals surface area contributed by atoms with Crippen molar-refractivity contribution >= 4 is 6.09 Å². The molecular weight excluding hydrogens is 246 g/mol. The Bertz CT molecular complexity index is 421. The number of alkyl carbamates (subject to hydrolysis) is 1. The molecule has 0 atom stereocenters. The summed E-state index contributed by atoms with van der Waals surface area (Å²) in [5.74, 6) is 1.31. The van der Waals surface area contributed by atoms with Gasteiger partial charge in [0.2, 0.25) is 0 Å². The Kier molecular flexibility index (Phi) is 5.03. The SMILES string of the molecule is CCNC(=O)OC(C)(C)c1cc(OC)cc(OC)c1. The van der Waals surface area contributed by atoms with E-state index in [1.165, 1.54) is 0 Å². The van der Waals surface area contributed by atoms with Gasteiger partial charge in [-0.1, -0.05) is 0 Å². The Morgan fingerprint density at radius 1 is 1.16 bits per heavy atom. The zero-order valence-corrected chi connectivity index (χ0v) is 12.1. The van der Waals surface area contributed by atoms with Crippen molar-refractivity contribution in [1.82, 2.24) is 5.32 Å². The normalized spacial score (nSPS) is 10.8. The largest absolute Gasteiger partial charge is 0.497 e. The van der Waals surface area contributed by atoms with Gasteiger partial charge in [-0.2, -0.15) is 0 Å². The lowest BCUT2D eigenvalue weighted by Crippen LogP contribution is -2.32. The maximum atomic E-state index is 11.5. The molecule has 1 amide bonds. The monoisotopic (exact) mass is 267 g/mol. The van der Waals surface area contributed by atoms with Crippen molar-refractivity contribution in [2.75, 3.05) is 20.8 Å². The second-order valence-corrected chi connectivity index (χ2v) is 4.53. The molecule has 0 heterocycles. The van der Waals surface area contributed by atoms with E-state index >= 15 is 0 Å². The van der Waals surface area contributed by atoms with Gasteiger partial charge >= 0.3 is 6.09 Å². The first-order valence-corrected chi connectivity index (χ1v) is 6.13. The molecule has 0 aliphatic heterocycles. The quantitative estimate of drug-likeness (QED) is 0.891. The van der Waals surface area contributed by atoms with Crippen molar-refractivity contribution < 1.29 is 19.0 Å². The van der Waals surface area contributed by atoms with E-state index in [4.69, 9.17) is 14.2 Å². The van der Waals surface area contributed by atoms with Gasteiger partial charge in [0.1, 0.15) is 17.1 Å². The standard InChI is InChI=1S/C14H21NO4/c1-6-15-13(16)19-14(2,3)10-7-11(17-4)9-12(8-10)18-5/h7-9H,6H2,1-5H3,(H,15,16). The minimum atomic E-state index is -0.777. The summed E-state index contributed by atoms with van der Waals surface area (Å²) >= 11 is 0. The van der Waals surface area contributed by atoms with Crippen molar-refractivity contribution in [3.05, 3.63) is 23.8 Å². The number of hydrogen-bond acceptors (Lipinski definition) is 4. The minimum absolute atomic E-state index is 0.450. The average Bonchev–Trinajstić information content (AvgIpc) is 2.37. The van der Waals surface area contributed by atoms with Gasteiger partial charge in [-0.3, -0.25) is 0 Å². The molecule has 0 spiro atoms. The van der Waals surface area contributed by atoms with Gasteiger partial charge < -0.3 is 19.5 Å². The van der Waals surface area contributed by atoms with Crippen molar-refractivity contribution in [1.29, 1.82) is 0 Å². The molecule has 19 heavy (non-hydrogen) atoms. The van der Waals surface area contributed by atoms with E-state index in [-0.39, 0.29) is 0 Å². The number of carbonyl (C=O) groups excluding carboxylic acids is 1. The number of ether oxygens (including phenoxy) is 3. The van der Waals surface area contributed by atoms with Crippen LogP contribution in [0.2, 0.25) is 0 Å². The van der Waals surface area contributed by atoms with Gasteiger partial charge in [0, 0.05) is 18.2 Å². The van der Waals surface area contributed by atoms with Crippen LogP contribution in [0.25, 0.3) is 0 Å². The molecule has 5 heteroatoms. The Morgan fingerprint density at radius 2 is 1.68 bits per heavy atom. The third-order valence-corrected chi connectivity index (χ3v) is 2.72. The average molecular weight is 267 g/mol. The Hall–Kier alpha value is -1.91. The minimum Gasteiger partial charge on any atom is -0.497 e. The second kappa shape index (κ2) is 6.31. The summed E-state index contributed by atoms with van der Waals surface area (Å²) < 4.78 is 15.8. The van der Waals surface area contributed by atoms with Crippen molar-refractivity contribution in [3.63, 3.8) is 0 Å². The van der Waals surface area contributed by atoms with Crippen molar-refractivity contribution in [3.8, 4) is 11.5 Å². The van der Waals surface area contributed by atoms with Crippen LogP contribution in [0.5, 0.6) is 11.5 Å². The highest BCUT2D eigenvalue weighted by atomic mass is 16.6. The summed E-state index contributed by atoms with van der Waals surface area (Å²) in [7, 11) is 3.16. The van der Waals surface area contributed by atoms with Crippen LogP contribution >= 0.6 is 0 Å². The molecule has 5 nitrogen and oxygen atoms in total. The lowest BCUT2D eigenvalue weighted by molar-refractivity contribution is 0.0364. The Morgan fingerprint density at radius 3 is 2.11 bits per heavy atom. The number of amides is 1. The van der Waals surface area contributed by atoms with Crippen LogP contribution in [-0.4, -0.2) is 26.9 Å². The number of hydrogen-bond donors (Lipinski definition) is 1. The molecule has 0 unspecified atom stereocenters. The fourth-order valence-electron chi connectivity index (χ4n) is 1.63. The highest BCUT2D eigenvalue weighted by Gasteiger charge is 2.26. The van der Waals surface area contributed by atoms with Crippen LogP contribution in [0.15, 0.2) is 18.2 Å². The number of carbonyl (C=O) groups is 1. The Labute approximate surface area is 113 Å². The molecule has 0 bridgehead atoms. The van der Waals surface area contributed by atoms with E-state index in [1.807, 2.05) is 32.9 Å². The number of nitrogens with one attached hydrogen (secondary N) is 1. The van der Waals surface area contributed by atoms with Gasteiger partial charge in [0.05, 0.1) is 14.2 Å². The smallest absolute Gasteiger partial charge is 0.407 e. The van der Waals surface area contributed by atoms with Crippen molar-refractivity contribution in [2.24, 2.45) is 0 Å². The maximum Gasteiger partial charge on any atom is 0.407 e. The van der Waals surface area contributed by atoms with Crippen LogP contribution in [0, 0.1) is 0 Å². The number of methoxy groups -OCH3 is 2. The summed E-state index contributed by atoms with van der Waals surface area (Å²) in [6, 6.07) is 5.41. The molecule has 1 rings (SSSR count). The molecule has 1 aromatic carbocycles. The number of benzene rings is 1. The van der Waals surface area contributed by atoms with Gasteiger partial charge in [-0.15, -0.1) is 0 Å². The summed E-state index contributed by atoms with van der Waals surface area (Å²) in [6.45, 7) is 5.99. The highest BCUT2D eigenvalue weighted by molar-refractivity contribution is 5.67. The molecule has 0 saturated heterocycles. The molecule has 0 aliphatic rings. The van der Waals surface area contributed by atoms with Crippen LogP contribution in [0.3, 0.4) is 0 Å². The Balaban J connectivity index is 3.02. The number of rotatable bonds is 5. The van der Waals surface area contributed by atoms with Gasteiger partial charge in [0.15, 0.2) is 0 Å². The van der Waals surface area contributed by atoms with Crippen LogP contribution in [0.1, 0.15) is 26.3 Å². The lowest BCUT2D eigenvalue weighted by Gasteiger charge is -2.26. The first-order chi connectivity index (χ1) is 8.92. The van der Waals surface area contributed by atoms with E-state index < -0.39 is 11.7 Å². The fraction of sp³-hybridized carbons (Fsp3) is 0.500. The zero-order valence-electron chi connectivity index (χ0n) is 12.1. The molecule has 0 fully saturated rings. The summed E-state index contributed by atoms with van der Waals surface area (Å²) in [5.41, 5.74) is 0.0242. The second-order valence-electron chi connectivity index (χ2n) is 4.53. The van der Waals surface area contributed by atoms with Gasteiger partial charge in [0.25, 0.3) is 0 Å². The predicted octanol–water partition coefficient (Wildman–Crippen LogP) is 2.69. The van der Waals surface area contributed by atoms with E-state index in [1.54, 1.807) is 20.3 Å². The molecule has 0 radical (unpaired) electrons. The highest BCUT2D eigenvalue weighted by Crippen LogP contribution is 2.32. The molecule has 0 aliphatic carbocycles. The van der Waals surface area contributed by atoms with Crippen molar-refractivity contribution in [2.45, 2.75) is 26.4 Å². The molecular formula is C14H21NO4. The first kappa shape index (κ1) is 15.1. The van der Waals surface area contributed by atoms with Gasteiger partial charge in [-0.05, 0) is 32.9 Å². The lowest BCUT2D eigenvalue weighted by atomic mass is 9.97. The molecule has 1 N–H and O–H groups in total. The van der Waals surface area contributed by atoms with Crippen LogP contribution in [-0.2, 0) is 10.3 Å². The van der Waals surface area contributed by atoms with E-state index in [9.17, 15) is 4.79 Å². The molecule has 1 aromatic rings. The van der Waals surface area contributed by atoms with E-state index in [2.05, 4.69) is 5.32 Å². The fourth-order valence-corrected chi connectivity index (χ4v) is 1.63. The maximum absolute atomic E-state index is 11.5. The third kappa shape index (κ3) is 4.05. The summed E-state index contributed by atoms with van der Waals surface area (Å²) in [5, 5.41) is 2.60. The predicted molar refractivity (Wildman–Crippen MR) is 72.7 cm³/mol. The van der Waals surface area contributed by atoms with Crippen LogP contribution in [0.4, 0.5) is 4.79 Å². The van der Waals surface area contributed by atoms with E-state index in [0.29, 0.717) is 18.0 Å². The molecule has 0 saturated carbocycles. The van der Waals surface area contributed by atoms with E-state index in [0.717, 1.165) is 5.56 Å². The zero-order chi connectivity index (χ0) is 14.5.